The van der Waals surface area contributed by atoms with Crippen molar-refractivity contribution in [3.05, 3.63) is 71.6 Å². The van der Waals surface area contributed by atoms with Crippen LogP contribution in [0.2, 0.25) is 0 Å². The van der Waals surface area contributed by atoms with Crippen molar-refractivity contribution < 1.29 is 17.6 Å². The first-order chi connectivity index (χ1) is 11.3. The number of hydrogen-bond donors (Lipinski definition) is 2. The van der Waals surface area contributed by atoms with Crippen LogP contribution < -0.4 is 10.5 Å². The number of primary sulfonamides is 1. The minimum absolute atomic E-state index is 0.000231. The van der Waals surface area contributed by atoms with Gasteiger partial charge in [0.05, 0.1) is 4.90 Å². The van der Waals surface area contributed by atoms with Crippen molar-refractivity contribution in [1.29, 1.82) is 0 Å². The van der Waals surface area contributed by atoms with Gasteiger partial charge in [-0.2, -0.15) is 0 Å². The highest BCUT2D eigenvalue weighted by molar-refractivity contribution is 7.89. The van der Waals surface area contributed by atoms with Crippen LogP contribution in [-0.2, 0) is 21.4 Å². The van der Waals surface area contributed by atoms with E-state index in [1.165, 1.54) is 24.3 Å². The van der Waals surface area contributed by atoms with Gasteiger partial charge in [0.15, 0.2) is 0 Å². The third-order valence-electron chi connectivity index (χ3n) is 3.18. The largest absolute Gasteiger partial charge is 0.352 e. The van der Waals surface area contributed by atoms with E-state index < -0.39 is 10.0 Å². The van der Waals surface area contributed by atoms with Crippen LogP contribution in [-0.4, -0.2) is 14.3 Å². The van der Waals surface area contributed by atoms with Gasteiger partial charge in [-0.05, 0) is 35.4 Å². The quantitative estimate of drug-likeness (QED) is 0.838. The van der Waals surface area contributed by atoms with Crippen LogP contribution in [0.5, 0.6) is 0 Å². The summed E-state index contributed by atoms with van der Waals surface area (Å²) < 4.78 is 35.6. The summed E-state index contributed by atoms with van der Waals surface area (Å²) in [5, 5.41) is 7.74. The predicted octanol–water partition coefficient (Wildman–Crippen LogP) is 2.19. The van der Waals surface area contributed by atoms with Crippen molar-refractivity contribution in [3.8, 4) is 0 Å². The van der Waals surface area contributed by atoms with Crippen LogP contribution in [0.15, 0.2) is 59.5 Å². The Hall–Kier alpha value is -2.51. The summed E-state index contributed by atoms with van der Waals surface area (Å²) >= 11 is 0. The maximum Gasteiger partial charge on any atom is 0.238 e. The highest BCUT2D eigenvalue weighted by atomic mass is 32.2. The first-order valence-electron chi connectivity index (χ1n) is 7.15. The monoisotopic (exact) mass is 348 g/mol. The molecule has 7 heteroatoms. The van der Waals surface area contributed by atoms with Gasteiger partial charge < -0.3 is 5.32 Å². The topological polar surface area (TPSA) is 89.3 Å². The number of rotatable bonds is 6. The van der Waals surface area contributed by atoms with Crippen molar-refractivity contribution in [3.63, 3.8) is 0 Å². The van der Waals surface area contributed by atoms with Crippen LogP contribution >= 0.6 is 0 Å². The molecule has 0 unspecified atom stereocenters. The average Bonchev–Trinajstić information content (AvgIpc) is 2.52. The Labute approximate surface area is 140 Å². The highest BCUT2D eigenvalue weighted by Crippen LogP contribution is 2.10. The number of nitrogens with one attached hydrogen (secondary N) is 1. The second-order valence-electron chi connectivity index (χ2n) is 5.13. The maximum atomic E-state index is 13.0. The number of hydrogen-bond acceptors (Lipinski definition) is 3. The van der Waals surface area contributed by atoms with Crippen molar-refractivity contribution in [1.82, 2.24) is 5.32 Å². The number of benzene rings is 2. The van der Waals surface area contributed by atoms with Crippen LogP contribution in [0.4, 0.5) is 4.39 Å². The Bertz CT molecular complexity index is 864. The van der Waals surface area contributed by atoms with Gasteiger partial charge in [-0.25, -0.2) is 17.9 Å². The number of amides is 1. The molecule has 0 saturated carbocycles. The zero-order valence-corrected chi connectivity index (χ0v) is 13.6. The van der Waals surface area contributed by atoms with Gasteiger partial charge in [0.25, 0.3) is 0 Å². The fourth-order valence-corrected chi connectivity index (χ4v) is 2.60. The van der Waals surface area contributed by atoms with Crippen molar-refractivity contribution in [2.45, 2.75) is 17.9 Å². The summed E-state index contributed by atoms with van der Waals surface area (Å²) in [6.45, 7) is 0.190. The molecule has 0 spiro atoms. The molecule has 0 atom stereocenters. The molecule has 0 saturated heterocycles. The molecule has 1 amide bonds. The van der Waals surface area contributed by atoms with Gasteiger partial charge in [-0.3, -0.25) is 4.79 Å². The van der Waals surface area contributed by atoms with E-state index >= 15 is 0 Å². The lowest BCUT2D eigenvalue weighted by Crippen LogP contribution is -2.22. The van der Waals surface area contributed by atoms with Crippen molar-refractivity contribution in [2.24, 2.45) is 5.14 Å². The molecule has 5 nitrogen and oxygen atoms in total. The molecule has 126 valence electrons. The summed E-state index contributed by atoms with van der Waals surface area (Å²) in [7, 11) is -3.77. The van der Waals surface area contributed by atoms with Crippen LogP contribution in [0.3, 0.4) is 0 Å². The first-order valence-corrected chi connectivity index (χ1v) is 8.70. The van der Waals surface area contributed by atoms with E-state index in [0.717, 1.165) is 0 Å². The predicted molar refractivity (Wildman–Crippen MR) is 89.7 cm³/mol. The van der Waals surface area contributed by atoms with E-state index in [2.05, 4.69) is 5.32 Å². The average molecular weight is 348 g/mol. The fourth-order valence-electron chi connectivity index (χ4n) is 2.02. The molecule has 0 aromatic heterocycles. The summed E-state index contributed by atoms with van der Waals surface area (Å²) in [6.07, 6.45) is 3.42. The van der Waals surface area contributed by atoms with Gasteiger partial charge in [0.1, 0.15) is 5.82 Å². The number of carbonyl (C=O) groups is 1. The van der Waals surface area contributed by atoms with E-state index in [9.17, 15) is 17.6 Å². The molecule has 2 aromatic rings. The summed E-state index contributed by atoms with van der Waals surface area (Å²) in [5.41, 5.74) is 1.30. The maximum absolute atomic E-state index is 13.0. The van der Waals surface area contributed by atoms with Gasteiger partial charge in [-0.1, -0.05) is 36.4 Å². The third kappa shape index (κ3) is 5.60. The molecule has 0 aliphatic rings. The summed E-state index contributed by atoms with van der Waals surface area (Å²) in [6, 6.07) is 12.1. The van der Waals surface area contributed by atoms with E-state index in [4.69, 9.17) is 5.14 Å². The van der Waals surface area contributed by atoms with E-state index in [1.807, 2.05) is 0 Å². The lowest BCUT2D eigenvalue weighted by molar-refractivity contribution is -0.120. The SMILES string of the molecule is NS(=O)(=O)c1cccc(CNC(=O)CC=Cc2cccc(F)c2)c1. The van der Waals surface area contributed by atoms with E-state index in [1.54, 1.807) is 36.4 Å². The number of sulfonamides is 1. The molecule has 0 bridgehead atoms. The van der Waals surface area contributed by atoms with Gasteiger partial charge in [0, 0.05) is 13.0 Å². The Kier molecular flexibility index (Phi) is 5.83. The Morgan fingerprint density at radius 3 is 2.62 bits per heavy atom. The zero-order chi connectivity index (χ0) is 17.6. The molecule has 24 heavy (non-hydrogen) atoms. The molecular weight excluding hydrogens is 331 g/mol. The molecule has 3 N–H and O–H groups in total. The first kappa shape index (κ1) is 17.8. The molecule has 0 fully saturated rings. The van der Waals surface area contributed by atoms with E-state index in [0.29, 0.717) is 11.1 Å². The minimum atomic E-state index is -3.77. The van der Waals surface area contributed by atoms with Crippen LogP contribution in [0.25, 0.3) is 6.08 Å². The minimum Gasteiger partial charge on any atom is -0.352 e. The molecule has 2 aromatic carbocycles. The normalized spacial score (nSPS) is 11.6. The fraction of sp³-hybridized carbons (Fsp3) is 0.118. The third-order valence-corrected chi connectivity index (χ3v) is 4.09. The standard InChI is InChI=1S/C17H17FN2O3S/c18-15-7-1-4-13(10-15)5-3-9-17(21)20-12-14-6-2-8-16(11-14)24(19,22)23/h1-8,10-11H,9,12H2,(H,20,21)(H2,19,22,23). The number of carbonyl (C=O) groups excluding carboxylic acids is 1. The summed E-state index contributed by atoms with van der Waals surface area (Å²) in [5.74, 6) is -0.569. The molecular formula is C17H17FN2O3S. The highest BCUT2D eigenvalue weighted by Gasteiger charge is 2.08. The van der Waals surface area contributed by atoms with Gasteiger partial charge in [-0.15, -0.1) is 0 Å². The lowest BCUT2D eigenvalue weighted by Gasteiger charge is -2.05. The van der Waals surface area contributed by atoms with E-state index in [-0.39, 0.29) is 29.6 Å². The Morgan fingerprint density at radius 1 is 1.17 bits per heavy atom. The smallest absolute Gasteiger partial charge is 0.238 e. The molecule has 0 radical (unpaired) electrons. The summed E-state index contributed by atoms with van der Waals surface area (Å²) in [4.78, 5) is 11.8. The Balaban J connectivity index is 1.87. The molecule has 0 heterocycles. The lowest BCUT2D eigenvalue weighted by atomic mass is 10.2. The zero-order valence-electron chi connectivity index (χ0n) is 12.8. The van der Waals surface area contributed by atoms with Crippen molar-refractivity contribution >= 4 is 22.0 Å². The van der Waals surface area contributed by atoms with Crippen molar-refractivity contribution in [2.75, 3.05) is 0 Å². The second kappa shape index (κ2) is 7.85. The van der Waals surface area contributed by atoms with Gasteiger partial charge >= 0.3 is 0 Å². The molecule has 2 rings (SSSR count). The molecule has 0 aliphatic heterocycles. The number of halogens is 1. The van der Waals surface area contributed by atoms with Crippen LogP contribution in [0.1, 0.15) is 17.5 Å². The second-order valence-corrected chi connectivity index (χ2v) is 6.69. The molecule has 0 aliphatic carbocycles. The Morgan fingerprint density at radius 2 is 1.92 bits per heavy atom. The number of nitrogens with two attached hydrogens (primary N) is 1. The van der Waals surface area contributed by atoms with Crippen LogP contribution in [0, 0.1) is 5.82 Å². The van der Waals surface area contributed by atoms with Gasteiger partial charge in [0.2, 0.25) is 15.9 Å².